The van der Waals surface area contributed by atoms with Crippen molar-refractivity contribution in [3.63, 3.8) is 0 Å². The number of rotatable bonds is 3. The van der Waals surface area contributed by atoms with E-state index in [-0.39, 0.29) is 23.9 Å². The van der Waals surface area contributed by atoms with Gasteiger partial charge in [0.05, 0.1) is 0 Å². The van der Waals surface area contributed by atoms with Crippen molar-refractivity contribution < 1.29 is 9.18 Å². The number of ketones is 1. The Morgan fingerprint density at radius 2 is 2.06 bits per heavy atom. The lowest BCUT2D eigenvalue weighted by molar-refractivity contribution is -0.120. The molecular formula is C14H14ClFO. The Bertz CT molecular complexity index is 441. The van der Waals surface area contributed by atoms with Gasteiger partial charge in [0.25, 0.3) is 0 Å². The number of hydrogen-bond acceptors (Lipinski definition) is 1. The van der Waals surface area contributed by atoms with E-state index in [9.17, 15) is 9.18 Å². The summed E-state index contributed by atoms with van der Waals surface area (Å²) in [5, 5.41) is 0.365. The van der Waals surface area contributed by atoms with Crippen LogP contribution in [-0.4, -0.2) is 5.78 Å². The molecule has 1 aromatic rings. The topological polar surface area (TPSA) is 17.1 Å². The van der Waals surface area contributed by atoms with Gasteiger partial charge in [-0.2, -0.15) is 0 Å². The smallest absolute Gasteiger partial charge is 0.141 e. The number of benzene rings is 1. The number of fused-ring (bicyclic) bond motifs is 1. The molecule has 0 saturated heterocycles. The van der Waals surface area contributed by atoms with Crippen LogP contribution < -0.4 is 0 Å². The van der Waals surface area contributed by atoms with E-state index in [1.807, 2.05) is 0 Å². The van der Waals surface area contributed by atoms with E-state index in [4.69, 9.17) is 11.6 Å². The van der Waals surface area contributed by atoms with Gasteiger partial charge in [0.15, 0.2) is 0 Å². The lowest BCUT2D eigenvalue weighted by atomic mass is 10.0. The summed E-state index contributed by atoms with van der Waals surface area (Å²) in [7, 11) is 0. The second-order valence-electron chi connectivity index (χ2n) is 5.13. The second-order valence-corrected chi connectivity index (χ2v) is 5.53. The van der Waals surface area contributed by atoms with Crippen LogP contribution in [0, 0.1) is 23.6 Å². The van der Waals surface area contributed by atoms with E-state index in [2.05, 4.69) is 0 Å². The van der Waals surface area contributed by atoms with Crippen molar-refractivity contribution in [2.24, 2.45) is 17.8 Å². The van der Waals surface area contributed by atoms with Gasteiger partial charge in [-0.05, 0) is 36.8 Å². The van der Waals surface area contributed by atoms with E-state index in [0.29, 0.717) is 22.4 Å². The van der Waals surface area contributed by atoms with Crippen LogP contribution in [0.5, 0.6) is 0 Å². The first-order chi connectivity index (χ1) is 8.18. The van der Waals surface area contributed by atoms with Gasteiger partial charge < -0.3 is 0 Å². The molecule has 2 saturated carbocycles. The maximum Gasteiger partial charge on any atom is 0.141 e. The van der Waals surface area contributed by atoms with Gasteiger partial charge in [-0.15, -0.1) is 0 Å². The third-order valence-electron chi connectivity index (χ3n) is 4.19. The molecule has 0 bridgehead atoms. The highest BCUT2D eigenvalue weighted by Crippen LogP contribution is 2.58. The number of Topliss-reactive ketones (excluding diaryl/α,β-unsaturated/α-hetero) is 1. The molecule has 0 spiro atoms. The molecule has 3 rings (SSSR count). The third kappa shape index (κ3) is 1.89. The molecule has 90 valence electrons. The van der Waals surface area contributed by atoms with Gasteiger partial charge in [0.1, 0.15) is 11.6 Å². The molecule has 3 heteroatoms. The normalized spacial score (nSPS) is 30.1. The minimum atomic E-state index is -0.364. The van der Waals surface area contributed by atoms with Gasteiger partial charge in [-0.1, -0.05) is 24.1 Å². The van der Waals surface area contributed by atoms with Crippen molar-refractivity contribution in [3.05, 3.63) is 34.6 Å². The predicted octanol–water partition coefficient (Wildman–Crippen LogP) is 3.64. The van der Waals surface area contributed by atoms with E-state index in [1.165, 1.54) is 25.3 Å². The molecule has 2 aliphatic rings. The molecule has 2 aliphatic carbocycles. The van der Waals surface area contributed by atoms with Crippen molar-refractivity contribution in [2.75, 3.05) is 0 Å². The van der Waals surface area contributed by atoms with Crippen LogP contribution in [0.25, 0.3) is 0 Å². The zero-order valence-corrected chi connectivity index (χ0v) is 10.2. The Kier molecular flexibility index (Phi) is 2.70. The highest BCUT2D eigenvalue weighted by Gasteiger charge is 2.55. The van der Waals surface area contributed by atoms with Crippen LogP contribution in [-0.2, 0) is 11.2 Å². The zero-order valence-electron chi connectivity index (χ0n) is 9.46. The van der Waals surface area contributed by atoms with Crippen molar-refractivity contribution >= 4 is 17.4 Å². The lowest BCUT2D eigenvalue weighted by Gasteiger charge is -2.06. The summed E-state index contributed by atoms with van der Waals surface area (Å²) >= 11 is 5.93. The van der Waals surface area contributed by atoms with Crippen molar-refractivity contribution in [1.29, 1.82) is 0 Å². The summed E-state index contributed by atoms with van der Waals surface area (Å²) in [6.07, 6.45) is 3.75. The second kappa shape index (κ2) is 4.09. The summed E-state index contributed by atoms with van der Waals surface area (Å²) in [5.74, 6) is 1.18. The molecule has 2 atom stereocenters. The highest BCUT2D eigenvalue weighted by atomic mass is 35.5. The molecule has 0 heterocycles. The quantitative estimate of drug-likeness (QED) is 0.803. The Balaban J connectivity index is 1.73. The van der Waals surface area contributed by atoms with E-state index in [1.54, 1.807) is 12.1 Å². The van der Waals surface area contributed by atoms with Gasteiger partial charge in [-0.3, -0.25) is 4.79 Å². The molecule has 0 amide bonds. The monoisotopic (exact) mass is 252 g/mol. The maximum absolute atomic E-state index is 13.5. The fourth-order valence-electron chi connectivity index (χ4n) is 3.29. The number of carbonyl (C=O) groups is 1. The third-order valence-corrected chi connectivity index (χ3v) is 4.55. The Hall–Kier alpha value is -0.890. The Labute approximate surface area is 105 Å². The fraction of sp³-hybridized carbons (Fsp3) is 0.500. The summed E-state index contributed by atoms with van der Waals surface area (Å²) < 4.78 is 13.5. The molecular weight excluding hydrogens is 239 g/mol. The number of halogens is 2. The summed E-state index contributed by atoms with van der Waals surface area (Å²) in [5.41, 5.74) is 0.365. The van der Waals surface area contributed by atoms with E-state index < -0.39 is 0 Å². The standard InChI is InChI=1S/C14H14ClFO/c15-11-5-2-6-12(16)10(11)7-13(17)14-8-3-1-4-9(8)14/h2,5-6,8-9,14H,1,3-4,7H2. The van der Waals surface area contributed by atoms with E-state index in [0.717, 1.165) is 0 Å². The number of carbonyl (C=O) groups excluding carboxylic acids is 1. The van der Waals surface area contributed by atoms with Gasteiger partial charge in [-0.25, -0.2) is 4.39 Å². The van der Waals surface area contributed by atoms with Crippen molar-refractivity contribution in [3.8, 4) is 0 Å². The molecule has 1 aromatic carbocycles. The van der Waals surface area contributed by atoms with Crippen LogP contribution in [0.2, 0.25) is 5.02 Å². The summed E-state index contributed by atoms with van der Waals surface area (Å²) in [6.45, 7) is 0. The van der Waals surface area contributed by atoms with Crippen LogP contribution >= 0.6 is 11.6 Å². The molecule has 0 radical (unpaired) electrons. The van der Waals surface area contributed by atoms with Crippen LogP contribution in [0.4, 0.5) is 4.39 Å². The van der Waals surface area contributed by atoms with Crippen LogP contribution in [0.15, 0.2) is 18.2 Å². The lowest BCUT2D eigenvalue weighted by Crippen LogP contribution is -2.10. The average Bonchev–Trinajstić information content (AvgIpc) is 2.78. The van der Waals surface area contributed by atoms with Crippen molar-refractivity contribution in [2.45, 2.75) is 25.7 Å². The first-order valence-corrected chi connectivity index (χ1v) is 6.52. The van der Waals surface area contributed by atoms with Gasteiger partial charge >= 0.3 is 0 Å². The van der Waals surface area contributed by atoms with Crippen molar-refractivity contribution in [1.82, 2.24) is 0 Å². The predicted molar refractivity (Wildman–Crippen MR) is 64.4 cm³/mol. The molecule has 2 fully saturated rings. The largest absolute Gasteiger partial charge is 0.299 e. The summed E-state index contributed by atoms with van der Waals surface area (Å²) in [6, 6.07) is 4.57. The number of hydrogen-bond donors (Lipinski definition) is 0. The minimum absolute atomic E-state index is 0.156. The van der Waals surface area contributed by atoms with Crippen LogP contribution in [0.1, 0.15) is 24.8 Å². The van der Waals surface area contributed by atoms with Crippen LogP contribution in [0.3, 0.4) is 0 Å². The first kappa shape index (κ1) is 11.2. The SMILES string of the molecule is O=C(Cc1c(F)cccc1Cl)C1C2CCCC21. The summed E-state index contributed by atoms with van der Waals surface area (Å²) in [4.78, 5) is 12.1. The van der Waals surface area contributed by atoms with Gasteiger partial charge in [0.2, 0.25) is 0 Å². The average molecular weight is 253 g/mol. The zero-order chi connectivity index (χ0) is 12.0. The minimum Gasteiger partial charge on any atom is -0.299 e. The molecule has 0 aromatic heterocycles. The molecule has 0 N–H and O–H groups in total. The Morgan fingerprint density at radius 3 is 2.71 bits per heavy atom. The van der Waals surface area contributed by atoms with E-state index >= 15 is 0 Å². The molecule has 2 unspecified atom stereocenters. The Morgan fingerprint density at radius 1 is 1.35 bits per heavy atom. The molecule has 0 aliphatic heterocycles. The highest BCUT2D eigenvalue weighted by molar-refractivity contribution is 6.31. The van der Waals surface area contributed by atoms with Gasteiger partial charge in [0, 0.05) is 22.9 Å². The molecule has 1 nitrogen and oxygen atoms in total. The fourth-order valence-corrected chi connectivity index (χ4v) is 3.52. The molecule has 17 heavy (non-hydrogen) atoms. The maximum atomic E-state index is 13.5. The first-order valence-electron chi connectivity index (χ1n) is 6.14.